The summed E-state index contributed by atoms with van der Waals surface area (Å²) < 4.78 is 18.1. The van der Waals surface area contributed by atoms with Crippen LogP contribution in [0.1, 0.15) is 22.8 Å². The highest BCUT2D eigenvalue weighted by Gasteiger charge is 2.10. The molecular formula is C18H17FN2O3. The molecule has 0 aliphatic carbocycles. The van der Waals surface area contributed by atoms with Gasteiger partial charge in [-0.25, -0.2) is 4.39 Å². The van der Waals surface area contributed by atoms with Crippen LogP contribution in [0.5, 0.6) is 5.75 Å². The molecule has 0 heterocycles. The zero-order valence-electron chi connectivity index (χ0n) is 13.1. The number of halogens is 1. The van der Waals surface area contributed by atoms with Crippen LogP contribution in [0.4, 0.5) is 10.1 Å². The Kier molecular flexibility index (Phi) is 5.88. The fourth-order valence-electron chi connectivity index (χ4n) is 2.02. The van der Waals surface area contributed by atoms with Gasteiger partial charge in [-0.05, 0) is 49.4 Å². The van der Waals surface area contributed by atoms with Gasteiger partial charge in [0.05, 0.1) is 11.3 Å². The maximum Gasteiger partial charge on any atom is 0.159 e. The molecule has 1 unspecified atom stereocenters. The number of nitrogens with one attached hydrogen (secondary N) is 1. The minimum absolute atomic E-state index is 0.00686. The summed E-state index contributed by atoms with van der Waals surface area (Å²) >= 11 is 0. The molecule has 2 aromatic rings. The summed E-state index contributed by atoms with van der Waals surface area (Å²) in [5, 5.41) is 22.0. The second-order valence-electron chi connectivity index (χ2n) is 5.23. The number of hydrogen-bond acceptors (Lipinski definition) is 5. The molecule has 2 aromatic carbocycles. The van der Waals surface area contributed by atoms with Crippen molar-refractivity contribution in [1.82, 2.24) is 0 Å². The van der Waals surface area contributed by atoms with Crippen molar-refractivity contribution in [2.45, 2.75) is 13.0 Å². The summed E-state index contributed by atoms with van der Waals surface area (Å²) in [5.74, 6) is -0.0200. The van der Waals surface area contributed by atoms with E-state index in [1.165, 1.54) is 31.2 Å². The van der Waals surface area contributed by atoms with Gasteiger partial charge in [0, 0.05) is 12.1 Å². The number of aliphatic hydroxyl groups is 1. The molecule has 6 heteroatoms. The molecule has 0 saturated heterocycles. The van der Waals surface area contributed by atoms with E-state index in [0.29, 0.717) is 22.6 Å². The molecule has 124 valence electrons. The van der Waals surface area contributed by atoms with E-state index < -0.39 is 6.10 Å². The van der Waals surface area contributed by atoms with Crippen LogP contribution in [-0.2, 0) is 0 Å². The van der Waals surface area contributed by atoms with Crippen molar-refractivity contribution < 1.29 is 19.0 Å². The molecule has 0 aliphatic rings. The Morgan fingerprint density at radius 1 is 1.33 bits per heavy atom. The Morgan fingerprint density at radius 3 is 2.67 bits per heavy atom. The van der Waals surface area contributed by atoms with Gasteiger partial charge < -0.3 is 15.2 Å². The van der Waals surface area contributed by atoms with Crippen LogP contribution in [0.2, 0.25) is 0 Å². The minimum Gasteiger partial charge on any atom is -0.491 e. The fourth-order valence-corrected chi connectivity index (χ4v) is 2.02. The average molecular weight is 328 g/mol. The second-order valence-corrected chi connectivity index (χ2v) is 5.23. The van der Waals surface area contributed by atoms with Crippen molar-refractivity contribution in [3.8, 4) is 11.8 Å². The molecule has 0 amide bonds. The van der Waals surface area contributed by atoms with E-state index in [-0.39, 0.29) is 24.8 Å². The van der Waals surface area contributed by atoms with Gasteiger partial charge in [-0.15, -0.1) is 0 Å². The Hall–Kier alpha value is -2.91. The fraction of sp³-hybridized carbons (Fsp3) is 0.222. The first-order valence-corrected chi connectivity index (χ1v) is 7.35. The minimum atomic E-state index is -0.845. The normalized spacial score (nSPS) is 11.4. The third kappa shape index (κ3) is 4.80. The van der Waals surface area contributed by atoms with Crippen molar-refractivity contribution in [3.05, 3.63) is 59.4 Å². The van der Waals surface area contributed by atoms with Gasteiger partial charge >= 0.3 is 0 Å². The van der Waals surface area contributed by atoms with Crippen LogP contribution in [0.25, 0.3) is 0 Å². The average Bonchev–Trinajstić information content (AvgIpc) is 2.59. The van der Waals surface area contributed by atoms with Crippen molar-refractivity contribution in [2.75, 3.05) is 18.5 Å². The van der Waals surface area contributed by atoms with Gasteiger partial charge in [-0.3, -0.25) is 4.79 Å². The first-order valence-electron chi connectivity index (χ1n) is 7.35. The molecule has 0 radical (unpaired) electrons. The zero-order chi connectivity index (χ0) is 17.5. The molecular weight excluding hydrogens is 311 g/mol. The quantitative estimate of drug-likeness (QED) is 0.764. The molecule has 24 heavy (non-hydrogen) atoms. The number of nitrogens with zero attached hydrogens (tertiary/aromatic N) is 1. The largest absolute Gasteiger partial charge is 0.491 e. The maximum atomic E-state index is 12.8. The third-order valence-electron chi connectivity index (χ3n) is 3.33. The molecule has 0 spiro atoms. The van der Waals surface area contributed by atoms with Crippen molar-refractivity contribution in [2.24, 2.45) is 0 Å². The number of anilines is 1. The van der Waals surface area contributed by atoms with Gasteiger partial charge in [0.15, 0.2) is 5.78 Å². The molecule has 0 bridgehead atoms. The van der Waals surface area contributed by atoms with Crippen LogP contribution in [0.3, 0.4) is 0 Å². The first-order chi connectivity index (χ1) is 11.5. The summed E-state index contributed by atoms with van der Waals surface area (Å²) in [5.41, 5.74) is 1.34. The lowest BCUT2D eigenvalue weighted by molar-refractivity contribution is 0.101. The highest BCUT2D eigenvalue weighted by molar-refractivity contribution is 5.95. The van der Waals surface area contributed by atoms with Gasteiger partial charge in [0.2, 0.25) is 0 Å². The molecule has 2 rings (SSSR count). The molecule has 2 N–H and O–H groups in total. The third-order valence-corrected chi connectivity index (χ3v) is 3.33. The number of ether oxygens (including phenoxy) is 1. The smallest absolute Gasteiger partial charge is 0.159 e. The topological polar surface area (TPSA) is 82.4 Å². The van der Waals surface area contributed by atoms with E-state index in [1.54, 1.807) is 18.2 Å². The van der Waals surface area contributed by atoms with Gasteiger partial charge in [-0.1, -0.05) is 0 Å². The van der Waals surface area contributed by atoms with Crippen LogP contribution in [0, 0.1) is 17.1 Å². The molecule has 0 saturated carbocycles. The Balaban J connectivity index is 1.92. The van der Waals surface area contributed by atoms with Gasteiger partial charge in [0.25, 0.3) is 0 Å². The predicted molar refractivity (Wildman–Crippen MR) is 87.6 cm³/mol. The number of rotatable bonds is 7. The summed E-state index contributed by atoms with van der Waals surface area (Å²) in [6.07, 6.45) is -0.845. The summed E-state index contributed by atoms with van der Waals surface area (Å²) in [6.45, 7) is 1.58. The number of hydrogen-bond donors (Lipinski definition) is 2. The number of benzene rings is 2. The molecule has 1 atom stereocenters. The van der Waals surface area contributed by atoms with Crippen LogP contribution in [0.15, 0.2) is 42.5 Å². The highest BCUT2D eigenvalue weighted by atomic mass is 19.1. The van der Waals surface area contributed by atoms with Gasteiger partial charge in [-0.2, -0.15) is 5.26 Å². The Labute approximate surface area is 139 Å². The Morgan fingerprint density at radius 2 is 2.04 bits per heavy atom. The first kappa shape index (κ1) is 17.4. The highest BCUT2D eigenvalue weighted by Crippen LogP contribution is 2.18. The van der Waals surface area contributed by atoms with E-state index in [0.717, 1.165) is 0 Å². The van der Waals surface area contributed by atoms with Crippen LogP contribution >= 0.6 is 0 Å². The van der Waals surface area contributed by atoms with E-state index in [1.807, 2.05) is 6.07 Å². The van der Waals surface area contributed by atoms with Crippen LogP contribution < -0.4 is 10.1 Å². The van der Waals surface area contributed by atoms with Crippen molar-refractivity contribution >= 4 is 11.5 Å². The maximum absolute atomic E-state index is 12.8. The number of ketones is 1. The lowest BCUT2D eigenvalue weighted by Gasteiger charge is -2.15. The number of aliphatic hydroxyl groups excluding tert-OH is 1. The Bertz CT molecular complexity index is 754. The number of Topliss-reactive ketones (excluding diaryl/α,β-unsaturated/α-hetero) is 1. The van der Waals surface area contributed by atoms with E-state index in [2.05, 4.69) is 5.32 Å². The van der Waals surface area contributed by atoms with Crippen molar-refractivity contribution in [3.63, 3.8) is 0 Å². The summed E-state index contributed by atoms with van der Waals surface area (Å²) in [7, 11) is 0. The second kappa shape index (κ2) is 8.09. The number of carbonyl (C=O) groups excluding carboxylic acids is 1. The molecule has 0 fully saturated rings. The van der Waals surface area contributed by atoms with E-state index in [9.17, 15) is 14.3 Å². The predicted octanol–water partition coefficient (Wildman–Crippen LogP) is 2.75. The SMILES string of the molecule is CC(=O)c1ccc(C#N)c(NCC(O)COc2ccc(F)cc2)c1. The lowest BCUT2D eigenvalue weighted by Crippen LogP contribution is -2.26. The van der Waals surface area contributed by atoms with Gasteiger partial charge in [0.1, 0.15) is 30.3 Å². The van der Waals surface area contributed by atoms with E-state index in [4.69, 9.17) is 10.00 Å². The molecule has 0 aromatic heterocycles. The summed E-state index contributed by atoms with van der Waals surface area (Å²) in [4.78, 5) is 11.4. The van der Waals surface area contributed by atoms with Crippen molar-refractivity contribution in [1.29, 1.82) is 5.26 Å². The standard InChI is InChI=1S/C18H17FN2O3/c1-12(22)13-2-3-14(9-20)18(8-13)21-10-16(23)11-24-17-6-4-15(19)5-7-17/h2-8,16,21,23H,10-11H2,1H3. The summed E-state index contributed by atoms with van der Waals surface area (Å²) in [6, 6.07) is 12.2. The van der Waals surface area contributed by atoms with E-state index >= 15 is 0 Å². The van der Waals surface area contributed by atoms with Crippen LogP contribution in [-0.4, -0.2) is 30.1 Å². The molecule has 0 aliphatic heterocycles. The lowest BCUT2D eigenvalue weighted by atomic mass is 10.1. The molecule has 5 nitrogen and oxygen atoms in total. The number of nitriles is 1. The number of carbonyl (C=O) groups is 1. The monoisotopic (exact) mass is 328 g/mol. The zero-order valence-corrected chi connectivity index (χ0v) is 13.1.